The highest BCUT2D eigenvalue weighted by Gasteiger charge is 2.06. The van der Waals surface area contributed by atoms with E-state index in [0.717, 1.165) is 22.3 Å². The molecule has 0 bridgehead atoms. The fraction of sp³-hybridized carbons (Fsp3) is 0.125. The Morgan fingerprint density at radius 3 is 1.83 bits per heavy atom. The second-order valence-electron chi connectivity index (χ2n) is 6.48. The van der Waals surface area contributed by atoms with Crippen molar-refractivity contribution >= 4 is 11.5 Å². The first-order chi connectivity index (χ1) is 14.0. The van der Waals surface area contributed by atoms with Crippen molar-refractivity contribution in [3.05, 3.63) is 107 Å². The van der Waals surface area contributed by atoms with Crippen LogP contribution >= 0.6 is 0 Å². The number of aryl methyl sites for hydroxylation is 1. The van der Waals surface area contributed by atoms with Gasteiger partial charge in [-0.15, -0.1) is 0 Å². The van der Waals surface area contributed by atoms with Crippen molar-refractivity contribution < 1.29 is 23.4 Å². The van der Waals surface area contributed by atoms with Crippen LogP contribution < -0.4 is 4.74 Å². The molecule has 0 atom stereocenters. The van der Waals surface area contributed by atoms with Gasteiger partial charge >= 0.3 is 5.97 Å². The van der Waals surface area contributed by atoms with Gasteiger partial charge in [0.1, 0.15) is 24.0 Å². The van der Waals surface area contributed by atoms with Crippen LogP contribution in [0.3, 0.4) is 0 Å². The fourth-order valence-electron chi connectivity index (χ4n) is 2.89. The number of carbonyl (C=O) groups is 1. The molecule has 5 heteroatoms. The molecule has 0 radical (unpaired) electrons. The van der Waals surface area contributed by atoms with E-state index >= 15 is 0 Å². The minimum Gasteiger partial charge on any atom is -0.490 e. The first-order valence-corrected chi connectivity index (χ1v) is 9.17. The number of halogens is 2. The highest BCUT2D eigenvalue weighted by molar-refractivity contribution is 5.79. The van der Waals surface area contributed by atoms with Gasteiger partial charge < -0.3 is 9.84 Å². The number of hydrogen-bond donors (Lipinski definition) is 1. The van der Waals surface area contributed by atoms with E-state index in [4.69, 9.17) is 9.84 Å². The van der Waals surface area contributed by atoms with Crippen molar-refractivity contribution in [2.45, 2.75) is 12.8 Å². The molecule has 0 aliphatic rings. The van der Waals surface area contributed by atoms with Gasteiger partial charge in [-0.05, 0) is 71.2 Å². The maximum atomic E-state index is 13.3. The Kier molecular flexibility index (Phi) is 6.74. The van der Waals surface area contributed by atoms with Crippen molar-refractivity contribution in [1.29, 1.82) is 0 Å². The lowest BCUT2D eigenvalue weighted by Gasteiger charge is -2.10. The molecule has 0 heterocycles. The van der Waals surface area contributed by atoms with Crippen LogP contribution in [0.5, 0.6) is 5.75 Å². The zero-order valence-electron chi connectivity index (χ0n) is 15.6. The van der Waals surface area contributed by atoms with Gasteiger partial charge in [-0.1, -0.05) is 36.4 Å². The SMILES string of the molecule is O=C(O)CCc1ccc(OCC=C(c2ccc(F)cc2)c2ccc(F)cc2)cc1. The first kappa shape index (κ1) is 20.3. The maximum Gasteiger partial charge on any atom is 0.303 e. The lowest BCUT2D eigenvalue weighted by atomic mass is 9.97. The summed E-state index contributed by atoms with van der Waals surface area (Å²) in [4.78, 5) is 10.6. The summed E-state index contributed by atoms with van der Waals surface area (Å²) in [5.74, 6) is -0.833. The Balaban J connectivity index is 1.73. The highest BCUT2D eigenvalue weighted by Crippen LogP contribution is 2.24. The molecule has 0 saturated heterocycles. The van der Waals surface area contributed by atoms with Gasteiger partial charge in [0.05, 0.1) is 0 Å². The van der Waals surface area contributed by atoms with Gasteiger partial charge in [-0.2, -0.15) is 0 Å². The van der Waals surface area contributed by atoms with E-state index in [1.165, 1.54) is 24.3 Å². The number of aliphatic carboxylic acids is 1. The van der Waals surface area contributed by atoms with Gasteiger partial charge in [0.2, 0.25) is 0 Å². The summed E-state index contributed by atoms with van der Waals surface area (Å²) in [5, 5.41) is 8.74. The average molecular weight is 394 g/mol. The van der Waals surface area contributed by atoms with Crippen LogP contribution in [0.2, 0.25) is 0 Å². The molecule has 3 nitrogen and oxygen atoms in total. The van der Waals surface area contributed by atoms with E-state index in [1.807, 2.05) is 18.2 Å². The summed E-state index contributed by atoms with van der Waals surface area (Å²) in [6.07, 6.45) is 2.41. The third-order valence-electron chi connectivity index (χ3n) is 4.40. The second-order valence-corrected chi connectivity index (χ2v) is 6.48. The number of carboxylic acids is 1. The molecule has 0 amide bonds. The zero-order valence-corrected chi connectivity index (χ0v) is 15.6. The van der Waals surface area contributed by atoms with Crippen LogP contribution in [0.4, 0.5) is 8.78 Å². The molecular formula is C24H20F2O3. The second kappa shape index (κ2) is 9.64. The molecule has 0 unspecified atom stereocenters. The monoisotopic (exact) mass is 394 g/mol. The first-order valence-electron chi connectivity index (χ1n) is 9.17. The van der Waals surface area contributed by atoms with Crippen molar-refractivity contribution in [1.82, 2.24) is 0 Å². The Labute approximate surface area is 167 Å². The molecule has 3 rings (SSSR count). The van der Waals surface area contributed by atoms with E-state index in [0.29, 0.717) is 12.2 Å². The number of ether oxygens (including phenoxy) is 1. The van der Waals surface area contributed by atoms with E-state index in [2.05, 4.69) is 0 Å². The smallest absolute Gasteiger partial charge is 0.303 e. The molecule has 0 aliphatic carbocycles. The predicted octanol–water partition coefficient (Wildman–Crippen LogP) is 5.49. The van der Waals surface area contributed by atoms with Gasteiger partial charge in [0.25, 0.3) is 0 Å². The summed E-state index contributed by atoms with van der Waals surface area (Å²) in [6, 6.07) is 19.4. The summed E-state index contributed by atoms with van der Waals surface area (Å²) in [5.41, 5.74) is 3.33. The summed E-state index contributed by atoms with van der Waals surface area (Å²) < 4.78 is 32.3. The zero-order chi connectivity index (χ0) is 20.6. The molecule has 3 aromatic carbocycles. The minimum atomic E-state index is -0.829. The molecule has 0 aliphatic heterocycles. The largest absolute Gasteiger partial charge is 0.490 e. The molecule has 0 spiro atoms. The number of carboxylic acid groups (broad SMARTS) is 1. The van der Waals surface area contributed by atoms with Crippen LogP contribution in [0.25, 0.3) is 5.57 Å². The van der Waals surface area contributed by atoms with E-state index in [-0.39, 0.29) is 24.7 Å². The van der Waals surface area contributed by atoms with Crippen molar-refractivity contribution in [2.75, 3.05) is 6.61 Å². The third kappa shape index (κ3) is 6.01. The van der Waals surface area contributed by atoms with Gasteiger partial charge in [-0.25, -0.2) is 8.78 Å². The predicted molar refractivity (Wildman–Crippen MR) is 108 cm³/mol. The van der Waals surface area contributed by atoms with Gasteiger partial charge in [0.15, 0.2) is 0 Å². The van der Waals surface area contributed by atoms with Crippen LogP contribution in [0.15, 0.2) is 78.9 Å². The molecule has 148 valence electrons. The van der Waals surface area contributed by atoms with E-state index < -0.39 is 5.97 Å². The molecule has 1 N–H and O–H groups in total. The quantitative estimate of drug-likeness (QED) is 0.549. The molecule has 0 aromatic heterocycles. The molecule has 0 fully saturated rings. The van der Waals surface area contributed by atoms with Crippen molar-refractivity contribution in [2.24, 2.45) is 0 Å². The number of benzene rings is 3. The van der Waals surface area contributed by atoms with E-state index in [9.17, 15) is 13.6 Å². The summed E-state index contributed by atoms with van der Waals surface area (Å²) in [7, 11) is 0. The van der Waals surface area contributed by atoms with Crippen LogP contribution in [0.1, 0.15) is 23.1 Å². The molecule has 29 heavy (non-hydrogen) atoms. The number of hydrogen-bond acceptors (Lipinski definition) is 2. The van der Waals surface area contributed by atoms with Gasteiger partial charge in [0, 0.05) is 6.42 Å². The highest BCUT2D eigenvalue weighted by atomic mass is 19.1. The minimum absolute atomic E-state index is 0.0850. The Morgan fingerprint density at radius 1 is 0.828 bits per heavy atom. The topological polar surface area (TPSA) is 46.5 Å². The average Bonchev–Trinajstić information content (AvgIpc) is 2.72. The normalized spacial score (nSPS) is 10.4. The summed E-state index contributed by atoms with van der Waals surface area (Å²) >= 11 is 0. The maximum absolute atomic E-state index is 13.3. The lowest BCUT2D eigenvalue weighted by molar-refractivity contribution is -0.136. The summed E-state index contributed by atoms with van der Waals surface area (Å²) in [6.45, 7) is 0.262. The van der Waals surface area contributed by atoms with Crippen LogP contribution in [-0.4, -0.2) is 17.7 Å². The Bertz CT molecular complexity index is 929. The Morgan fingerprint density at radius 2 is 1.34 bits per heavy atom. The standard InChI is InChI=1S/C24H20F2O3/c25-20-8-4-18(5-9-20)23(19-6-10-21(26)11-7-19)15-16-29-22-12-1-17(2-13-22)3-14-24(27)28/h1-2,4-13,15H,3,14,16H2,(H,27,28). The van der Waals surface area contributed by atoms with Crippen molar-refractivity contribution in [3.63, 3.8) is 0 Å². The van der Waals surface area contributed by atoms with Gasteiger partial charge in [-0.3, -0.25) is 4.79 Å². The van der Waals surface area contributed by atoms with Crippen LogP contribution in [-0.2, 0) is 11.2 Å². The lowest BCUT2D eigenvalue weighted by Crippen LogP contribution is -1.99. The molecule has 3 aromatic rings. The van der Waals surface area contributed by atoms with Crippen LogP contribution in [0, 0.1) is 11.6 Å². The Hall–Kier alpha value is -3.47. The molecule has 0 saturated carbocycles. The third-order valence-corrected chi connectivity index (χ3v) is 4.40. The van der Waals surface area contributed by atoms with E-state index in [1.54, 1.807) is 36.4 Å². The molecular weight excluding hydrogens is 374 g/mol. The fourth-order valence-corrected chi connectivity index (χ4v) is 2.89. The van der Waals surface area contributed by atoms with Crippen molar-refractivity contribution in [3.8, 4) is 5.75 Å². The number of rotatable bonds is 8.